The van der Waals surface area contributed by atoms with E-state index in [4.69, 9.17) is 0 Å². The first-order valence-corrected chi connectivity index (χ1v) is 6.21. The van der Waals surface area contributed by atoms with E-state index in [0.29, 0.717) is 5.92 Å². The Bertz CT molecular complexity index is 348. The van der Waals surface area contributed by atoms with Gasteiger partial charge in [0.2, 0.25) is 0 Å². The zero-order valence-electron chi connectivity index (χ0n) is 10.1. The van der Waals surface area contributed by atoms with Crippen LogP contribution in [0.2, 0.25) is 0 Å². The summed E-state index contributed by atoms with van der Waals surface area (Å²) in [4.78, 5) is 0. The molecule has 0 aromatic heterocycles. The van der Waals surface area contributed by atoms with Crippen LogP contribution in [0.25, 0.3) is 0 Å². The maximum absolute atomic E-state index is 9.77. The van der Waals surface area contributed by atoms with Crippen molar-refractivity contribution in [3.63, 3.8) is 0 Å². The fourth-order valence-electron chi connectivity index (χ4n) is 2.31. The highest BCUT2D eigenvalue weighted by molar-refractivity contribution is 5.47. The predicted octanol–water partition coefficient (Wildman–Crippen LogP) is 3.14. The van der Waals surface area contributed by atoms with Crippen LogP contribution in [-0.4, -0.2) is 17.3 Å². The van der Waals surface area contributed by atoms with Gasteiger partial charge in [-0.2, -0.15) is 0 Å². The van der Waals surface area contributed by atoms with E-state index in [1.165, 1.54) is 5.56 Å². The summed E-state index contributed by atoms with van der Waals surface area (Å²) < 4.78 is 0. The van der Waals surface area contributed by atoms with Crippen molar-refractivity contribution in [1.82, 2.24) is 0 Å². The topological polar surface area (TPSA) is 32.3 Å². The summed E-state index contributed by atoms with van der Waals surface area (Å²) in [6.45, 7) is 4.40. The third-order valence-electron chi connectivity index (χ3n) is 3.38. The van der Waals surface area contributed by atoms with Gasteiger partial charge in [-0.3, -0.25) is 0 Å². The van der Waals surface area contributed by atoms with Crippen LogP contribution >= 0.6 is 0 Å². The Labute approximate surface area is 97.7 Å². The molecule has 0 spiro atoms. The molecule has 0 aliphatic heterocycles. The molecule has 1 fully saturated rings. The zero-order valence-corrected chi connectivity index (χ0v) is 10.1. The standard InChI is InChI=1S/C14H21NO/c1-10(2)11-5-3-6-12(9-11)15-13-7-4-8-14(13)16/h3,5-6,9-10,13-16H,4,7-8H2,1-2H3/t13-,14-/m1/s1. The summed E-state index contributed by atoms with van der Waals surface area (Å²) in [7, 11) is 0. The number of nitrogens with one attached hydrogen (secondary N) is 1. The molecule has 0 bridgehead atoms. The Morgan fingerprint density at radius 2 is 2.12 bits per heavy atom. The molecule has 1 aromatic carbocycles. The minimum Gasteiger partial charge on any atom is -0.391 e. The fourth-order valence-corrected chi connectivity index (χ4v) is 2.31. The van der Waals surface area contributed by atoms with E-state index in [9.17, 15) is 5.11 Å². The second kappa shape index (κ2) is 4.88. The van der Waals surface area contributed by atoms with Gasteiger partial charge in [0.15, 0.2) is 0 Å². The van der Waals surface area contributed by atoms with Gasteiger partial charge in [0, 0.05) is 5.69 Å². The summed E-state index contributed by atoms with van der Waals surface area (Å²) in [6.07, 6.45) is 2.96. The Morgan fingerprint density at radius 3 is 2.75 bits per heavy atom. The molecule has 0 radical (unpaired) electrons. The summed E-state index contributed by atoms with van der Waals surface area (Å²) in [5.74, 6) is 0.551. The van der Waals surface area contributed by atoms with E-state index < -0.39 is 0 Å². The van der Waals surface area contributed by atoms with Crippen LogP contribution in [-0.2, 0) is 0 Å². The van der Waals surface area contributed by atoms with Crippen LogP contribution in [0, 0.1) is 0 Å². The van der Waals surface area contributed by atoms with Crippen molar-refractivity contribution in [3.05, 3.63) is 29.8 Å². The molecular weight excluding hydrogens is 198 g/mol. The lowest BCUT2D eigenvalue weighted by atomic mass is 10.0. The first-order valence-electron chi connectivity index (χ1n) is 6.21. The van der Waals surface area contributed by atoms with E-state index in [2.05, 4.69) is 43.4 Å². The molecule has 1 aliphatic carbocycles. The highest BCUT2D eigenvalue weighted by Gasteiger charge is 2.24. The van der Waals surface area contributed by atoms with Crippen molar-refractivity contribution in [1.29, 1.82) is 0 Å². The molecule has 2 rings (SSSR count). The van der Waals surface area contributed by atoms with Gasteiger partial charge < -0.3 is 10.4 Å². The Balaban J connectivity index is 2.06. The average molecular weight is 219 g/mol. The average Bonchev–Trinajstić information content (AvgIpc) is 2.65. The lowest BCUT2D eigenvalue weighted by Crippen LogP contribution is -2.27. The molecule has 0 amide bonds. The summed E-state index contributed by atoms with van der Waals surface area (Å²) in [5.41, 5.74) is 2.48. The third kappa shape index (κ3) is 2.56. The van der Waals surface area contributed by atoms with E-state index >= 15 is 0 Å². The molecule has 1 saturated carbocycles. The number of rotatable bonds is 3. The molecule has 2 atom stereocenters. The number of hydrogen-bond acceptors (Lipinski definition) is 2. The second-order valence-electron chi connectivity index (χ2n) is 5.03. The molecule has 0 saturated heterocycles. The normalized spacial score (nSPS) is 25.0. The van der Waals surface area contributed by atoms with Gasteiger partial charge in [-0.25, -0.2) is 0 Å². The lowest BCUT2D eigenvalue weighted by molar-refractivity contribution is 0.172. The number of hydrogen-bond donors (Lipinski definition) is 2. The number of anilines is 1. The molecule has 2 heteroatoms. The summed E-state index contributed by atoms with van der Waals surface area (Å²) in [5, 5.41) is 13.2. The Hall–Kier alpha value is -1.02. The fraction of sp³-hybridized carbons (Fsp3) is 0.571. The van der Waals surface area contributed by atoms with Gasteiger partial charge in [0.05, 0.1) is 12.1 Å². The lowest BCUT2D eigenvalue weighted by Gasteiger charge is -2.18. The maximum atomic E-state index is 9.77. The van der Waals surface area contributed by atoms with Crippen molar-refractivity contribution in [2.45, 2.75) is 51.2 Å². The van der Waals surface area contributed by atoms with Gasteiger partial charge >= 0.3 is 0 Å². The van der Waals surface area contributed by atoms with Gasteiger partial charge in [0.25, 0.3) is 0 Å². The van der Waals surface area contributed by atoms with Crippen LogP contribution in [0.3, 0.4) is 0 Å². The van der Waals surface area contributed by atoms with Gasteiger partial charge in [-0.15, -0.1) is 0 Å². The molecule has 1 aliphatic rings. The quantitative estimate of drug-likeness (QED) is 0.818. The van der Waals surface area contributed by atoms with Crippen LogP contribution in [0.1, 0.15) is 44.6 Å². The molecule has 16 heavy (non-hydrogen) atoms. The first-order chi connectivity index (χ1) is 7.66. The van der Waals surface area contributed by atoms with Crippen molar-refractivity contribution in [2.75, 3.05) is 5.32 Å². The molecule has 2 N–H and O–H groups in total. The van der Waals surface area contributed by atoms with E-state index in [1.54, 1.807) is 0 Å². The number of aliphatic hydroxyl groups excluding tert-OH is 1. The molecule has 0 unspecified atom stereocenters. The van der Waals surface area contributed by atoms with Crippen molar-refractivity contribution in [2.24, 2.45) is 0 Å². The van der Waals surface area contributed by atoms with Crippen LogP contribution < -0.4 is 5.32 Å². The SMILES string of the molecule is CC(C)c1cccc(N[C@@H]2CCC[C@H]2O)c1. The van der Waals surface area contributed by atoms with Gasteiger partial charge in [-0.05, 0) is 42.9 Å². The van der Waals surface area contributed by atoms with Crippen LogP contribution in [0.5, 0.6) is 0 Å². The molecule has 0 heterocycles. The number of benzene rings is 1. The molecule has 88 valence electrons. The smallest absolute Gasteiger partial charge is 0.0741 e. The molecule has 1 aromatic rings. The summed E-state index contributed by atoms with van der Waals surface area (Å²) >= 11 is 0. The highest BCUT2D eigenvalue weighted by Crippen LogP contribution is 2.24. The largest absolute Gasteiger partial charge is 0.391 e. The minimum atomic E-state index is -0.178. The van der Waals surface area contributed by atoms with Crippen molar-refractivity contribution >= 4 is 5.69 Å². The van der Waals surface area contributed by atoms with Crippen molar-refractivity contribution < 1.29 is 5.11 Å². The third-order valence-corrected chi connectivity index (χ3v) is 3.38. The minimum absolute atomic E-state index is 0.178. The monoisotopic (exact) mass is 219 g/mol. The van der Waals surface area contributed by atoms with Crippen LogP contribution in [0.15, 0.2) is 24.3 Å². The second-order valence-corrected chi connectivity index (χ2v) is 5.03. The maximum Gasteiger partial charge on any atom is 0.0741 e. The molecular formula is C14H21NO. The van der Waals surface area contributed by atoms with Crippen molar-refractivity contribution in [3.8, 4) is 0 Å². The van der Waals surface area contributed by atoms with E-state index in [-0.39, 0.29) is 12.1 Å². The van der Waals surface area contributed by atoms with Gasteiger partial charge in [0.1, 0.15) is 0 Å². The van der Waals surface area contributed by atoms with Gasteiger partial charge in [-0.1, -0.05) is 26.0 Å². The Morgan fingerprint density at radius 1 is 1.31 bits per heavy atom. The summed E-state index contributed by atoms with van der Waals surface area (Å²) in [6, 6.07) is 8.74. The number of aliphatic hydroxyl groups is 1. The van der Waals surface area contributed by atoms with Crippen LogP contribution in [0.4, 0.5) is 5.69 Å². The van der Waals surface area contributed by atoms with E-state index in [0.717, 1.165) is 24.9 Å². The van der Waals surface area contributed by atoms with E-state index in [1.807, 2.05) is 0 Å². The zero-order chi connectivity index (χ0) is 11.5. The molecule has 2 nitrogen and oxygen atoms in total. The Kier molecular flexibility index (Phi) is 3.49. The highest BCUT2D eigenvalue weighted by atomic mass is 16.3. The first kappa shape index (κ1) is 11.5. The predicted molar refractivity (Wildman–Crippen MR) is 67.8 cm³/mol.